The Balaban J connectivity index is 1.63. The number of amides is 2. The lowest BCUT2D eigenvalue weighted by atomic mass is 10.1. The fraction of sp³-hybridized carbons (Fsp3) is 0.182. The number of ether oxygens (including phenoxy) is 1. The van der Waals surface area contributed by atoms with Crippen LogP contribution in [0.3, 0.4) is 0 Å². The van der Waals surface area contributed by atoms with Crippen molar-refractivity contribution in [3.8, 4) is 0 Å². The summed E-state index contributed by atoms with van der Waals surface area (Å²) in [5, 5.41) is 5.54. The van der Waals surface area contributed by atoms with Gasteiger partial charge >= 0.3 is 12.0 Å². The van der Waals surface area contributed by atoms with Crippen molar-refractivity contribution < 1.29 is 14.3 Å². The van der Waals surface area contributed by atoms with Gasteiger partial charge < -0.3 is 19.9 Å². The molecule has 0 spiro atoms. The number of aryl methyl sites for hydroxylation is 1. The van der Waals surface area contributed by atoms with Crippen LogP contribution in [0.1, 0.15) is 27.2 Å². The summed E-state index contributed by atoms with van der Waals surface area (Å²) in [5.41, 5.74) is 4.16. The van der Waals surface area contributed by atoms with Crippen LogP contribution < -0.4 is 10.6 Å². The molecule has 6 heteroatoms. The van der Waals surface area contributed by atoms with Gasteiger partial charge in [0.05, 0.1) is 24.9 Å². The van der Waals surface area contributed by atoms with Gasteiger partial charge in [0.15, 0.2) is 0 Å². The number of para-hydroxylation sites is 1. The number of methoxy groups -OCH3 is 1. The number of carbonyl (C=O) groups excluding carboxylic acids is 2. The van der Waals surface area contributed by atoms with E-state index in [0.717, 1.165) is 12.2 Å². The number of anilines is 1. The van der Waals surface area contributed by atoms with Crippen LogP contribution >= 0.6 is 0 Å². The van der Waals surface area contributed by atoms with Gasteiger partial charge in [0.25, 0.3) is 0 Å². The first-order valence-electron chi connectivity index (χ1n) is 8.99. The molecule has 3 aromatic rings. The molecule has 6 nitrogen and oxygen atoms in total. The number of rotatable bonds is 6. The molecular weight excluding hydrogens is 354 g/mol. The number of benzene rings is 2. The van der Waals surface area contributed by atoms with Crippen molar-refractivity contribution in [2.75, 3.05) is 12.4 Å². The van der Waals surface area contributed by atoms with Gasteiger partial charge in [0.1, 0.15) is 0 Å². The summed E-state index contributed by atoms with van der Waals surface area (Å²) in [6.45, 7) is 3.19. The first-order valence-corrected chi connectivity index (χ1v) is 8.99. The number of hydrogen-bond donors (Lipinski definition) is 2. The second-order valence-electron chi connectivity index (χ2n) is 6.40. The van der Waals surface area contributed by atoms with Crippen LogP contribution in [0.5, 0.6) is 0 Å². The van der Waals surface area contributed by atoms with Crippen molar-refractivity contribution >= 4 is 17.7 Å². The molecule has 0 bridgehead atoms. The van der Waals surface area contributed by atoms with Crippen LogP contribution in [-0.2, 0) is 17.8 Å². The second kappa shape index (κ2) is 8.90. The monoisotopic (exact) mass is 377 g/mol. The van der Waals surface area contributed by atoms with Crippen molar-refractivity contribution in [3.63, 3.8) is 0 Å². The van der Waals surface area contributed by atoms with E-state index in [1.807, 2.05) is 30.5 Å². The number of urea groups is 1. The van der Waals surface area contributed by atoms with Gasteiger partial charge in [-0.15, -0.1) is 0 Å². The first kappa shape index (κ1) is 19.2. The lowest BCUT2D eigenvalue weighted by Crippen LogP contribution is -2.29. The maximum absolute atomic E-state index is 12.3. The molecular formula is C22H23N3O3. The zero-order valence-corrected chi connectivity index (χ0v) is 15.9. The SMILES string of the molecule is COC(=O)c1ccccc1NC(=O)NCc1cccn1Cc1ccccc1C. The van der Waals surface area contributed by atoms with E-state index < -0.39 is 5.97 Å². The topological polar surface area (TPSA) is 72.4 Å². The third-order valence-electron chi connectivity index (χ3n) is 4.54. The van der Waals surface area contributed by atoms with Gasteiger partial charge in [-0.05, 0) is 42.3 Å². The molecule has 0 saturated carbocycles. The Morgan fingerprint density at radius 3 is 2.54 bits per heavy atom. The van der Waals surface area contributed by atoms with Gasteiger partial charge in [-0.3, -0.25) is 0 Å². The van der Waals surface area contributed by atoms with E-state index in [9.17, 15) is 9.59 Å². The summed E-state index contributed by atoms with van der Waals surface area (Å²) in [6, 6.07) is 18.5. The van der Waals surface area contributed by atoms with Gasteiger partial charge in [0.2, 0.25) is 0 Å². The molecule has 0 fully saturated rings. The molecule has 0 aliphatic rings. The van der Waals surface area contributed by atoms with E-state index in [1.54, 1.807) is 24.3 Å². The lowest BCUT2D eigenvalue weighted by Gasteiger charge is -2.13. The molecule has 0 aliphatic carbocycles. The van der Waals surface area contributed by atoms with E-state index in [-0.39, 0.29) is 6.03 Å². The molecule has 0 radical (unpaired) electrons. The number of esters is 1. The Morgan fingerprint density at radius 2 is 1.75 bits per heavy atom. The van der Waals surface area contributed by atoms with Crippen LogP contribution in [0.15, 0.2) is 66.9 Å². The first-order chi connectivity index (χ1) is 13.6. The molecule has 2 aromatic carbocycles. The fourth-order valence-corrected chi connectivity index (χ4v) is 2.95. The minimum absolute atomic E-state index is 0.308. The maximum atomic E-state index is 12.3. The lowest BCUT2D eigenvalue weighted by molar-refractivity contribution is 0.0602. The molecule has 2 N–H and O–H groups in total. The molecule has 2 amide bonds. The quantitative estimate of drug-likeness (QED) is 0.639. The summed E-state index contributed by atoms with van der Waals surface area (Å²) in [4.78, 5) is 24.1. The summed E-state index contributed by atoms with van der Waals surface area (Å²) in [5.74, 6) is -0.497. The predicted octanol–water partition coefficient (Wildman–Crippen LogP) is 3.95. The third kappa shape index (κ3) is 4.59. The van der Waals surface area contributed by atoms with E-state index in [2.05, 4.69) is 34.3 Å². The van der Waals surface area contributed by atoms with Crippen LogP contribution in [0.4, 0.5) is 10.5 Å². The van der Waals surface area contributed by atoms with Crippen LogP contribution in [0.2, 0.25) is 0 Å². The highest BCUT2D eigenvalue weighted by molar-refractivity contribution is 6.00. The average molecular weight is 377 g/mol. The molecule has 28 heavy (non-hydrogen) atoms. The fourth-order valence-electron chi connectivity index (χ4n) is 2.95. The van der Waals surface area contributed by atoms with E-state index in [4.69, 9.17) is 4.74 Å². The molecule has 144 valence electrons. The summed E-state index contributed by atoms with van der Waals surface area (Å²) in [7, 11) is 1.31. The van der Waals surface area contributed by atoms with Crippen LogP contribution in [0.25, 0.3) is 0 Å². The molecule has 1 aromatic heterocycles. The number of hydrogen-bond acceptors (Lipinski definition) is 3. The summed E-state index contributed by atoms with van der Waals surface area (Å²) in [6.07, 6.45) is 1.99. The molecule has 3 rings (SSSR count). The second-order valence-corrected chi connectivity index (χ2v) is 6.40. The Kier molecular flexibility index (Phi) is 6.11. The Bertz CT molecular complexity index is 978. The van der Waals surface area contributed by atoms with Gasteiger partial charge in [-0.25, -0.2) is 9.59 Å². The molecule has 0 saturated heterocycles. The minimum Gasteiger partial charge on any atom is -0.465 e. The van der Waals surface area contributed by atoms with Crippen LogP contribution in [0, 0.1) is 6.92 Å². The number of carbonyl (C=O) groups is 2. The van der Waals surface area contributed by atoms with Crippen molar-refractivity contribution in [3.05, 3.63) is 89.2 Å². The van der Waals surface area contributed by atoms with Crippen LogP contribution in [-0.4, -0.2) is 23.7 Å². The largest absolute Gasteiger partial charge is 0.465 e. The summed E-state index contributed by atoms with van der Waals surface area (Å²) < 4.78 is 6.85. The maximum Gasteiger partial charge on any atom is 0.339 e. The Hall–Kier alpha value is -3.54. The number of nitrogens with one attached hydrogen (secondary N) is 2. The van der Waals surface area contributed by atoms with E-state index in [1.165, 1.54) is 18.2 Å². The highest BCUT2D eigenvalue weighted by Gasteiger charge is 2.13. The Labute approximate surface area is 164 Å². The standard InChI is InChI=1S/C22H23N3O3/c1-16-8-3-4-9-17(16)15-25-13-7-10-18(25)14-23-22(27)24-20-12-6-5-11-19(20)21(26)28-2/h3-13H,14-15H2,1-2H3,(H2,23,24,27). The smallest absolute Gasteiger partial charge is 0.339 e. The third-order valence-corrected chi connectivity index (χ3v) is 4.54. The van der Waals surface area contributed by atoms with Crippen molar-refractivity contribution in [1.29, 1.82) is 0 Å². The number of aromatic nitrogens is 1. The Morgan fingerprint density at radius 1 is 1.00 bits per heavy atom. The molecule has 0 atom stereocenters. The predicted molar refractivity (Wildman–Crippen MR) is 108 cm³/mol. The molecule has 1 heterocycles. The van der Waals surface area contributed by atoms with Crippen molar-refractivity contribution in [1.82, 2.24) is 9.88 Å². The minimum atomic E-state index is -0.497. The molecule has 0 aliphatic heterocycles. The number of nitrogens with zero attached hydrogens (tertiary/aromatic N) is 1. The zero-order chi connectivity index (χ0) is 19.9. The zero-order valence-electron chi connectivity index (χ0n) is 15.9. The van der Waals surface area contributed by atoms with E-state index in [0.29, 0.717) is 17.8 Å². The average Bonchev–Trinajstić information content (AvgIpc) is 3.15. The van der Waals surface area contributed by atoms with Gasteiger partial charge in [-0.2, -0.15) is 0 Å². The normalized spacial score (nSPS) is 10.4. The highest BCUT2D eigenvalue weighted by atomic mass is 16.5. The van der Waals surface area contributed by atoms with E-state index >= 15 is 0 Å². The van der Waals surface area contributed by atoms with Crippen molar-refractivity contribution in [2.24, 2.45) is 0 Å². The molecule has 0 unspecified atom stereocenters. The van der Waals surface area contributed by atoms with Crippen molar-refractivity contribution in [2.45, 2.75) is 20.0 Å². The highest BCUT2D eigenvalue weighted by Crippen LogP contribution is 2.16. The summed E-state index contributed by atoms with van der Waals surface area (Å²) >= 11 is 0. The van der Waals surface area contributed by atoms with Gasteiger partial charge in [-0.1, -0.05) is 36.4 Å². The van der Waals surface area contributed by atoms with Gasteiger partial charge in [0, 0.05) is 18.4 Å².